The van der Waals surface area contributed by atoms with Crippen LogP contribution in [0.3, 0.4) is 0 Å². The number of ether oxygens (including phenoxy) is 2. The van der Waals surface area contributed by atoms with Gasteiger partial charge >= 0.3 is 0 Å². The Kier molecular flexibility index (Phi) is 5.08. The zero-order chi connectivity index (χ0) is 19.8. The molecule has 156 valence electrons. The summed E-state index contributed by atoms with van der Waals surface area (Å²) in [6.07, 6.45) is 8.07. The van der Waals surface area contributed by atoms with E-state index in [0.29, 0.717) is 25.7 Å². The van der Waals surface area contributed by atoms with Gasteiger partial charge < -0.3 is 20.1 Å². The Labute approximate surface area is 171 Å². The molecule has 2 amide bonds. The van der Waals surface area contributed by atoms with Crippen LogP contribution in [0.1, 0.15) is 66.4 Å². The van der Waals surface area contributed by atoms with Gasteiger partial charge in [0.25, 0.3) is 5.91 Å². The quantitative estimate of drug-likeness (QED) is 0.799. The Morgan fingerprint density at radius 1 is 1.17 bits per heavy atom. The highest BCUT2D eigenvalue weighted by atomic mass is 16.5. The largest absolute Gasteiger partial charge is 0.376 e. The van der Waals surface area contributed by atoms with Crippen LogP contribution in [-0.2, 0) is 27.3 Å². The third kappa shape index (κ3) is 3.92. The van der Waals surface area contributed by atoms with Crippen molar-refractivity contribution >= 4 is 11.8 Å². The van der Waals surface area contributed by atoms with Crippen molar-refractivity contribution in [3.8, 4) is 0 Å². The van der Waals surface area contributed by atoms with E-state index in [4.69, 9.17) is 9.47 Å². The first-order chi connectivity index (χ1) is 14.1. The molecule has 2 N–H and O–H groups in total. The Hall–Kier alpha value is -1.92. The van der Waals surface area contributed by atoms with Crippen molar-refractivity contribution in [2.45, 2.75) is 75.7 Å². The average Bonchev–Trinajstić information content (AvgIpc) is 3.37. The van der Waals surface area contributed by atoms with Crippen molar-refractivity contribution in [2.75, 3.05) is 13.2 Å². The fraction of sp³-hybridized carbons (Fsp3) is 0.652. The van der Waals surface area contributed by atoms with Crippen molar-refractivity contribution < 1.29 is 19.1 Å². The molecule has 2 heterocycles. The maximum atomic E-state index is 13.0. The van der Waals surface area contributed by atoms with Gasteiger partial charge in [0.05, 0.1) is 24.9 Å². The van der Waals surface area contributed by atoms with Crippen molar-refractivity contribution in [1.29, 1.82) is 0 Å². The molecule has 6 nitrogen and oxygen atoms in total. The van der Waals surface area contributed by atoms with E-state index in [1.165, 1.54) is 19.3 Å². The second kappa shape index (κ2) is 7.73. The predicted molar refractivity (Wildman–Crippen MR) is 107 cm³/mol. The van der Waals surface area contributed by atoms with E-state index in [9.17, 15) is 9.59 Å². The number of fused-ring (bicyclic) bond motifs is 2. The van der Waals surface area contributed by atoms with Gasteiger partial charge in [-0.15, -0.1) is 0 Å². The first kappa shape index (κ1) is 19.1. The van der Waals surface area contributed by atoms with Crippen molar-refractivity contribution in [1.82, 2.24) is 10.6 Å². The van der Waals surface area contributed by atoms with Crippen LogP contribution in [0.15, 0.2) is 18.2 Å². The molecule has 0 bridgehead atoms. The van der Waals surface area contributed by atoms with Gasteiger partial charge in [0.1, 0.15) is 6.10 Å². The van der Waals surface area contributed by atoms with Gasteiger partial charge in [-0.05, 0) is 61.6 Å². The monoisotopic (exact) mass is 398 g/mol. The second-order valence-corrected chi connectivity index (χ2v) is 9.14. The summed E-state index contributed by atoms with van der Waals surface area (Å²) >= 11 is 0. The van der Waals surface area contributed by atoms with Gasteiger partial charge in [-0.3, -0.25) is 9.59 Å². The van der Waals surface area contributed by atoms with Crippen molar-refractivity contribution in [2.24, 2.45) is 5.92 Å². The van der Waals surface area contributed by atoms with Crippen LogP contribution in [0.4, 0.5) is 0 Å². The van der Waals surface area contributed by atoms with Crippen LogP contribution in [0, 0.1) is 5.92 Å². The highest BCUT2D eigenvalue weighted by Gasteiger charge is 2.46. The molecule has 4 aliphatic rings. The van der Waals surface area contributed by atoms with Crippen molar-refractivity contribution in [3.63, 3.8) is 0 Å². The van der Waals surface area contributed by atoms with Crippen LogP contribution >= 0.6 is 0 Å². The maximum absolute atomic E-state index is 13.0. The van der Waals surface area contributed by atoms with Crippen LogP contribution in [-0.4, -0.2) is 42.7 Å². The molecule has 0 radical (unpaired) electrons. The van der Waals surface area contributed by atoms with Gasteiger partial charge in [-0.2, -0.15) is 0 Å². The fourth-order valence-corrected chi connectivity index (χ4v) is 5.14. The second-order valence-electron chi connectivity index (χ2n) is 9.14. The topological polar surface area (TPSA) is 76.7 Å². The first-order valence-electron chi connectivity index (χ1n) is 11.1. The van der Waals surface area contributed by atoms with E-state index in [2.05, 4.69) is 10.6 Å². The molecule has 5 rings (SSSR count). The smallest absolute Gasteiger partial charge is 0.252 e. The summed E-state index contributed by atoms with van der Waals surface area (Å²) < 4.78 is 11.5. The van der Waals surface area contributed by atoms with Crippen LogP contribution in [0.25, 0.3) is 0 Å². The van der Waals surface area contributed by atoms with E-state index < -0.39 is 0 Å². The number of nitrogens with one attached hydrogen (secondary N) is 2. The predicted octanol–water partition coefficient (Wildman–Crippen LogP) is 2.49. The molecule has 0 aromatic heterocycles. The zero-order valence-corrected chi connectivity index (χ0v) is 16.9. The molecule has 1 saturated heterocycles. The molecule has 1 aromatic rings. The molecule has 2 aliphatic heterocycles. The minimum Gasteiger partial charge on any atom is -0.376 e. The summed E-state index contributed by atoms with van der Waals surface area (Å²) in [6, 6.07) is 5.83. The molecule has 3 atom stereocenters. The average molecular weight is 399 g/mol. The summed E-state index contributed by atoms with van der Waals surface area (Å²) in [7, 11) is 0. The fourth-order valence-electron chi connectivity index (χ4n) is 5.14. The summed E-state index contributed by atoms with van der Waals surface area (Å²) in [5.41, 5.74) is 2.62. The number of benzene rings is 1. The van der Waals surface area contributed by atoms with Gasteiger partial charge in [-0.25, -0.2) is 0 Å². The molecular formula is C23H30N2O4. The summed E-state index contributed by atoms with van der Waals surface area (Å²) in [5, 5.41) is 6.25. The van der Waals surface area contributed by atoms with Gasteiger partial charge in [0.15, 0.2) is 0 Å². The van der Waals surface area contributed by atoms with E-state index in [1.54, 1.807) is 0 Å². The lowest BCUT2D eigenvalue weighted by Crippen LogP contribution is -2.48. The SMILES string of the molecule is O=C(NC1(CNC(=O)C2C[C@@H]3CCCC[C@H]3O2)CC1)c1cccc2c1CCOC2. The molecule has 1 aromatic carbocycles. The summed E-state index contributed by atoms with van der Waals surface area (Å²) in [4.78, 5) is 25.6. The molecule has 6 heteroatoms. The minimum atomic E-state index is -0.323. The highest BCUT2D eigenvalue weighted by Crippen LogP contribution is 2.38. The lowest BCUT2D eigenvalue weighted by Gasteiger charge is -2.23. The Balaban J connectivity index is 1.17. The molecule has 1 unspecified atom stereocenters. The summed E-state index contributed by atoms with van der Waals surface area (Å²) in [5.74, 6) is 0.482. The van der Waals surface area contributed by atoms with E-state index in [1.807, 2.05) is 18.2 Å². The Morgan fingerprint density at radius 3 is 2.86 bits per heavy atom. The van der Waals surface area contributed by atoms with E-state index in [0.717, 1.165) is 48.8 Å². The number of hydrogen-bond donors (Lipinski definition) is 2. The lowest BCUT2D eigenvalue weighted by molar-refractivity contribution is -0.132. The van der Waals surface area contributed by atoms with Gasteiger partial charge in [0, 0.05) is 12.1 Å². The summed E-state index contributed by atoms with van der Waals surface area (Å²) in [6.45, 7) is 1.70. The molecule has 3 fully saturated rings. The number of carbonyl (C=O) groups excluding carboxylic acids is 2. The van der Waals surface area contributed by atoms with Crippen LogP contribution in [0.2, 0.25) is 0 Å². The van der Waals surface area contributed by atoms with E-state index in [-0.39, 0.29) is 29.6 Å². The first-order valence-corrected chi connectivity index (χ1v) is 11.1. The maximum Gasteiger partial charge on any atom is 0.252 e. The van der Waals surface area contributed by atoms with Crippen LogP contribution in [0.5, 0.6) is 0 Å². The van der Waals surface area contributed by atoms with Crippen molar-refractivity contribution in [3.05, 3.63) is 34.9 Å². The highest BCUT2D eigenvalue weighted by molar-refractivity contribution is 5.97. The number of hydrogen-bond acceptors (Lipinski definition) is 4. The number of amides is 2. The molecule has 2 saturated carbocycles. The van der Waals surface area contributed by atoms with E-state index >= 15 is 0 Å². The zero-order valence-electron chi connectivity index (χ0n) is 16.9. The van der Waals surface area contributed by atoms with Gasteiger partial charge in [0.2, 0.25) is 5.91 Å². The number of rotatable bonds is 5. The Bertz CT molecular complexity index is 790. The number of carbonyl (C=O) groups is 2. The van der Waals surface area contributed by atoms with Gasteiger partial charge in [-0.1, -0.05) is 25.0 Å². The molecular weight excluding hydrogens is 368 g/mol. The molecule has 0 spiro atoms. The third-order valence-corrected chi connectivity index (χ3v) is 7.09. The van der Waals surface area contributed by atoms with Crippen LogP contribution < -0.4 is 10.6 Å². The normalized spacial score (nSPS) is 29.4. The third-order valence-electron chi connectivity index (χ3n) is 7.09. The molecule has 2 aliphatic carbocycles. The molecule has 29 heavy (non-hydrogen) atoms. The minimum absolute atomic E-state index is 0.0193. The standard InChI is InChI=1S/C23H30N2O4/c26-21(18-6-3-5-16-13-28-11-8-17(16)18)25-23(9-10-23)14-24-22(27)20-12-15-4-1-2-7-19(15)29-20/h3,5-6,15,19-20H,1-2,4,7-14H2,(H,24,27)(H,25,26)/t15-,19+,20?/m0/s1. The lowest BCUT2D eigenvalue weighted by atomic mass is 9.85. The Morgan fingerprint density at radius 2 is 2.03 bits per heavy atom.